The highest BCUT2D eigenvalue weighted by molar-refractivity contribution is 5.91. The number of hydrogen-bond acceptors (Lipinski definition) is 4. The first-order chi connectivity index (χ1) is 9.72. The molecule has 1 amide bonds. The van der Waals surface area contributed by atoms with Gasteiger partial charge in [-0.05, 0) is 18.6 Å². The fraction of sp³-hybridized carbons (Fsp3) is 0.267. The number of carbonyl (C=O) groups is 1. The molecule has 20 heavy (non-hydrogen) atoms. The summed E-state index contributed by atoms with van der Waals surface area (Å²) in [4.78, 5) is 13.3. The molecule has 1 aliphatic rings. The van der Waals surface area contributed by atoms with Gasteiger partial charge in [-0.1, -0.05) is 24.3 Å². The number of nitrogens with zero attached hydrogens (tertiary/aromatic N) is 3. The predicted molar refractivity (Wildman–Crippen MR) is 72.5 cm³/mol. The van der Waals surface area contributed by atoms with Gasteiger partial charge in [-0.25, -0.2) is 4.79 Å². The molecule has 1 aliphatic heterocycles. The number of benzene rings is 1. The van der Waals surface area contributed by atoms with Crippen molar-refractivity contribution in [1.29, 1.82) is 10.5 Å². The van der Waals surface area contributed by atoms with Crippen molar-refractivity contribution in [3.63, 3.8) is 0 Å². The Labute approximate surface area is 117 Å². The number of nitriles is 2. The van der Waals surface area contributed by atoms with Gasteiger partial charge in [-0.15, -0.1) is 0 Å². The van der Waals surface area contributed by atoms with Crippen LogP contribution in [0, 0.1) is 28.6 Å². The van der Waals surface area contributed by atoms with Gasteiger partial charge >= 0.3 is 6.09 Å². The molecule has 0 radical (unpaired) electrons. The monoisotopic (exact) mass is 267 g/mol. The molecule has 5 nitrogen and oxygen atoms in total. The van der Waals surface area contributed by atoms with Gasteiger partial charge in [0, 0.05) is 12.1 Å². The van der Waals surface area contributed by atoms with Crippen LogP contribution < -0.4 is 4.90 Å². The molecule has 0 N–H and O–H groups in total. The predicted octanol–water partition coefficient (Wildman–Crippen LogP) is 2.92. The second kappa shape index (κ2) is 5.90. The van der Waals surface area contributed by atoms with Crippen LogP contribution in [0.1, 0.15) is 18.4 Å². The van der Waals surface area contributed by atoms with Crippen LogP contribution in [0.25, 0.3) is 0 Å². The lowest BCUT2D eigenvalue weighted by molar-refractivity contribution is 0.162. The lowest BCUT2D eigenvalue weighted by atomic mass is 9.85. The minimum atomic E-state index is -0.781. The highest BCUT2D eigenvalue weighted by atomic mass is 16.6. The summed E-state index contributed by atoms with van der Waals surface area (Å²) in [7, 11) is 0. The summed E-state index contributed by atoms with van der Waals surface area (Å²) in [6.07, 6.45) is 2.78. The maximum Gasteiger partial charge on any atom is 0.418 e. The number of para-hydroxylation sites is 1. The Morgan fingerprint density at radius 3 is 2.75 bits per heavy atom. The van der Waals surface area contributed by atoms with Crippen molar-refractivity contribution in [1.82, 2.24) is 0 Å². The Morgan fingerprint density at radius 2 is 2.10 bits per heavy atom. The van der Waals surface area contributed by atoms with Crippen LogP contribution in [-0.2, 0) is 4.74 Å². The second-order valence-corrected chi connectivity index (χ2v) is 4.23. The van der Waals surface area contributed by atoms with E-state index in [2.05, 4.69) is 0 Å². The number of rotatable bonds is 2. The summed E-state index contributed by atoms with van der Waals surface area (Å²) < 4.78 is 4.99. The van der Waals surface area contributed by atoms with E-state index < -0.39 is 12.0 Å². The molecule has 1 aromatic rings. The maximum atomic E-state index is 11.9. The number of hydrogen-bond donors (Lipinski definition) is 0. The Balaban J connectivity index is 2.43. The van der Waals surface area contributed by atoms with E-state index in [9.17, 15) is 4.79 Å². The van der Waals surface area contributed by atoms with Gasteiger partial charge in [0.05, 0.1) is 24.4 Å². The van der Waals surface area contributed by atoms with Crippen molar-refractivity contribution in [2.24, 2.45) is 5.92 Å². The minimum absolute atomic E-state index is 0.286. The van der Waals surface area contributed by atoms with Gasteiger partial charge in [0.25, 0.3) is 0 Å². The van der Waals surface area contributed by atoms with E-state index in [4.69, 9.17) is 15.3 Å². The number of ether oxygens (including phenoxy) is 1. The molecule has 5 heteroatoms. The first kappa shape index (κ1) is 13.6. The van der Waals surface area contributed by atoms with E-state index in [1.807, 2.05) is 24.3 Å². The molecule has 0 aromatic heterocycles. The third kappa shape index (κ3) is 2.34. The molecule has 100 valence electrons. The van der Waals surface area contributed by atoms with E-state index >= 15 is 0 Å². The third-order valence-electron chi connectivity index (χ3n) is 3.10. The van der Waals surface area contributed by atoms with Crippen molar-refractivity contribution in [3.05, 3.63) is 42.1 Å². The summed E-state index contributed by atoms with van der Waals surface area (Å²) in [5, 5.41) is 18.1. The number of amides is 1. The summed E-state index contributed by atoms with van der Waals surface area (Å²) in [5.41, 5.74) is 1.42. The Kier molecular flexibility index (Phi) is 4.02. The SMILES string of the molecule is CCOC(=O)N1C=CC(C(C#N)C#N)c2ccccc21. The Morgan fingerprint density at radius 1 is 1.40 bits per heavy atom. The molecule has 0 aliphatic carbocycles. The fourth-order valence-corrected chi connectivity index (χ4v) is 2.18. The summed E-state index contributed by atoms with van der Waals surface area (Å²) in [6.45, 7) is 2.02. The highest BCUT2D eigenvalue weighted by Gasteiger charge is 2.30. The van der Waals surface area contributed by atoms with Crippen LogP contribution in [0.4, 0.5) is 10.5 Å². The summed E-state index contributed by atoms with van der Waals surface area (Å²) in [5.74, 6) is -1.12. The maximum absolute atomic E-state index is 11.9. The molecular formula is C15H13N3O2. The fourth-order valence-electron chi connectivity index (χ4n) is 2.18. The average Bonchev–Trinajstić information content (AvgIpc) is 2.48. The van der Waals surface area contributed by atoms with E-state index in [0.717, 1.165) is 5.56 Å². The van der Waals surface area contributed by atoms with Crippen molar-refractivity contribution < 1.29 is 9.53 Å². The van der Waals surface area contributed by atoms with Gasteiger partial charge in [0.15, 0.2) is 0 Å². The molecule has 1 heterocycles. The molecular weight excluding hydrogens is 254 g/mol. The van der Waals surface area contributed by atoms with Crippen molar-refractivity contribution in [2.45, 2.75) is 12.8 Å². The Bertz CT molecular complexity index is 611. The van der Waals surface area contributed by atoms with Gasteiger partial charge in [0.1, 0.15) is 5.92 Å². The molecule has 0 saturated heterocycles. The summed E-state index contributed by atoms with van der Waals surface area (Å²) >= 11 is 0. The van der Waals surface area contributed by atoms with Crippen LogP contribution in [-0.4, -0.2) is 12.7 Å². The second-order valence-electron chi connectivity index (χ2n) is 4.23. The number of fused-ring (bicyclic) bond motifs is 1. The minimum Gasteiger partial charge on any atom is -0.449 e. The van der Waals surface area contributed by atoms with E-state index in [1.54, 1.807) is 31.3 Å². The first-order valence-electron chi connectivity index (χ1n) is 6.25. The van der Waals surface area contributed by atoms with E-state index in [-0.39, 0.29) is 12.5 Å². The number of allylic oxidation sites excluding steroid dienone is 1. The van der Waals surface area contributed by atoms with Gasteiger partial charge in [-0.3, -0.25) is 4.90 Å². The molecule has 2 rings (SSSR count). The molecule has 1 aromatic carbocycles. The molecule has 0 bridgehead atoms. The largest absolute Gasteiger partial charge is 0.449 e. The van der Waals surface area contributed by atoms with Crippen LogP contribution in [0.5, 0.6) is 0 Å². The highest BCUT2D eigenvalue weighted by Crippen LogP contribution is 2.37. The van der Waals surface area contributed by atoms with E-state index in [1.165, 1.54) is 4.90 Å². The van der Waals surface area contributed by atoms with Crippen molar-refractivity contribution >= 4 is 11.8 Å². The summed E-state index contributed by atoms with van der Waals surface area (Å²) in [6, 6.07) is 11.2. The number of anilines is 1. The number of carbonyl (C=O) groups excluding carboxylic acids is 1. The van der Waals surface area contributed by atoms with Crippen LogP contribution in [0.3, 0.4) is 0 Å². The van der Waals surface area contributed by atoms with Gasteiger partial charge in [0.2, 0.25) is 0 Å². The van der Waals surface area contributed by atoms with Gasteiger partial charge < -0.3 is 4.74 Å². The third-order valence-corrected chi connectivity index (χ3v) is 3.10. The zero-order valence-corrected chi connectivity index (χ0v) is 11.0. The molecule has 1 atom stereocenters. The standard InChI is InChI=1S/C15H13N3O2/c1-2-20-15(19)18-8-7-12(11(9-16)10-17)13-5-3-4-6-14(13)18/h3-8,11-12H,2H2,1H3. The van der Waals surface area contributed by atoms with Crippen molar-refractivity contribution in [2.75, 3.05) is 11.5 Å². The molecule has 0 saturated carbocycles. The molecule has 1 unspecified atom stereocenters. The van der Waals surface area contributed by atoms with Crippen molar-refractivity contribution in [3.8, 4) is 12.1 Å². The quantitative estimate of drug-likeness (QED) is 0.825. The lowest BCUT2D eigenvalue weighted by Gasteiger charge is -2.28. The van der Waals surface area contributed by atoms with Crippen LogP contribution in [0.15, 0.2) is 36.5 Å². The topological polar surface area (TPSA) is 77.1 Å². The zero-order valence-electron chi connectivity index (χ0n) is 11.0. The normalized spacial score (nSPS) is 16.2. The first-order valence-corrected chi connectivity index (χ1v) is 6.25. The van der Waals surface area contributed by atoms with Crippen LogP contribution >= 0.6 is 0 Å². The van der Waals surface area contributed by atoms with Gasteiger partial charge in [-0.2, -0.15) is 10.5 Å². The molecule has 0 fully saturated rings. The average molecular weight is 267 g/mol. The van der Waals surface area contributed by atoms with Crippen LogP contribution in [0.2, 0.25) is 0 Å². The smallest absolute Gasteiger partial charge is 0.418 e. The molecule has 0 spiro atoms. The zero-order chi connectivity index (χ0) is 14.5. The Hall–Kier alpha value is -2.79. The lowest BCUT2D eigenvalue weighted by Crippen LogP contribution is -2.30. The van der Waals surface area contributed by atoms with E-state index in [0.29, 0.717) is 5.69 Å².